The first-order chi connectivity index (χ1) is 13.8. The van der Waals surface area contributed by atoms with Gasteiger partial charge in [-0.05, 0) is 63.1 Å². The number of amides is 1. The molecular weight excluding hydrogens is 374 g/mol. The molecule has 0 unspecified atom stereocenters. The minimum Gasteiger partial charge on any atom is -0.452 e. The summed E-state index contributed by atoms with van der Waals surface area (Å²) in [6.45, 7) is 8.73. The maximum Gasteiger partial charge on any atom is 0.338 e. The molecule has 0 aromatic heterocycles. The maximum absolute atomic E-state index is 12.2. The predicted molar refractivity (Wildman–Crippen MR) is 111 cm³/mol. The van der Waals surface area contributed by atoms with Gasteiger partial charge in [-0.15, -0.1) is 0 Å². The van der Waals surface area contributed by atoms with Gasteiger partial charge < -0.3 is 15.0 Å². The first-order valence-electron chi connectivity index (χ1n) is 9.35. The average Bonchev–Trinajstić information content (AvgIpc) is 2.71. The van der Waals surface area contributed by atoms with Crippen LogP contribution < -0.4 is 10.2 Å². The Hall–Kier alpha value is -3.42. The molecular formula is C21H25N3O5. The van der Waals surface area contributed by atoms with Crippen LogP contribution >= 0.6 is 0 Å². The van der Waals surface area contributed by atoms with Crippen molar-refractivity contribution in [1.29, 1.82) is 0 Å². The molecule has 2 aromatic carbocycles. The fourth-order valence-corrected chi connectivity index (χ4v) is 2.90. The third-order valence-corrected chi connectivity index (χ3v) is 4.74. The van der Waals surface area contributed by atoms with Crippen LogP contribution in [0.5, 0.6) is 0 Å². The monoisotopic (exact) mass is 399 g/mol. The summed E-state index contributed by atoms with van der Waals surface area (Å²) >= 11 is 0. The summed E-state index contributed by atoms with van der Waals surface area (Å²) in [5.74, 6) is -1.28. The van der Waals surface area contributed by atoms with Crippen molar-refractivity contribution in [2.75, 3.05) is 29.9 Å². The molecule has 0 aliphatic rings. The molecule has 29 heavy (non-hydrogen) atoms. The third kappa shape index (κ3) is 5.31. The lowest BCUT2D eigenvalue weighted by atomic mass is 10.1. The Kier molecular flexibility index (Phi) is 7.30. The van der Waals surface area contributed by atoms with E-state index >= 15 is 0 Å². The highest BCUT2D eigenvalue weighted by molar-refractivity contribution is 5.97. The first kappa shape index (κ1) is 21.9. The molecule has 2 aromatic rings. The molecule has 1 N–H and O–H groups in total. The van der Waals surface area contributed by atoms with Crippen molar-refractivity contribution in [3.63, 3.8) is 0 Å². The van der Waals surface area contributed by atoms with E-state index in [1.807, 2.05) is 26.0 Å². The van der Waals surface area contributed by atoms with Crippen LogP contribution in [0.25, 0.3) is 0 Å². The van der Waals surface area contributed by atoms with E-state index in [9.17, 15) is 19.7 Å². The molecule has 2 rings (SSSR count). The minimum absolute atomic E-state index is 0.111. The number of benzene rings is 2. The van der Waals surface area contributed by atoms with E-state index < -0.39 is 23.4 Å². The summed E-state index contributed by atoms with van der Waals surface area (Å²) < 4.78 is 5.05. The van der Waals surface area contributed by atoms with E-state index in [1.165, 1.54) is 6.07 Å². The van der Waals surface area contributed by atoms with Gasteiger partial charge in [-0.3, -0.25) is 14.9 Å². The molecule has 0 saturated carbocycles. The lowest BCUT2D eigenvalue weighted by molar-refractivity contribution is -0.384. The number of anilines is 2. The third-order valence-electron chi connectivity index (χ3n) is 4.74. The SMILES string of the molecule is CCN(CC)c1ccc(C(=O)OCC(=O)Nc2c([N+](=O)[O-])ccc(C)c2C)cc1. The highest BCUT2D eigenvalue weighted by Crippen LogP contribution is 2.30. The van der Waals surface area contributed by atoms with Gasteiger partial charge in [0.1, 0.15) is 5.69 Å². The number of nitro groups is 1. The number of hydrogen-bond acceptors (Lipinski definition) is 6. The average molecular weight is 399 g/mol. The number of aryl methyl sites for hydroxylation is 1. The fraction of sp³-hybridized carbons (Fsp3) is 0.333. The van der Waals surface area contributed by atoms with Crippen LogP contribution in [0.3, 0.4) is 0 Å². The molecule has 0 saturated heterocycles. The van der Waals surface area contributed by atoms with Crippen molar-refractivity contribution < 1.29 is 19.2 Å². The predicted octanol–water partition coefficient (Wildman–Crippen LogP) is 3.85. The smallest absolute Gasteiger partial charge is 0.338 e. The van der Waals surface area contributed by atoms with Crippen LogP contribution in [0.1, 0.15) is 35.3 Å². The van der Waals surface area contributed by atoms with E-state index in [0.717, 1.165) is 24.3 Å². The number of ether oxygens (including phenoxy) is 1. The molecule has 154 valence electrons. The molecule has 1 amide bonds. The maximum atomic E-state index is 12.2. The number of esters is 1. The minimum atomic E-state index is -0.644. The van der Waals surface area contributed by atoms with Crippen molar-refractivity contribution in [1.82, 2.24) is 0 Å². The van der Waals surface area contributed by atoms with Crippen molar-refractivity contribution in [2.45, 2.75) is 27.7 Å². The zero-order valence-electron chi connectivity index (χ0n) is 17.0. The number of carbonyl (C=O) groups is 2. The molecule has 0 bridgehead atoms. The number of carbonyl (C=O) groups excluding carboxylic acids is 2. The fourth-order valence-electron chi connectivity index (χ4n) is 2.90. The topological polar surface area (TPSA) is 102 Å². The van der Waals surface area contributed by atoms with Crippen LogP contribution in [0.4, 0.5) is 17.1 Å². The van der Waals surface area contributed by atoms with E-state index in [1.54, 1.807) is 32.0 Å². The second kappa shape index (κ2) is 9.68. The number of nitrogens with one attached hydrogen (secondary N) is 1. The summed E-state index contributed by atoms with van der Waals surface area (Å²) in [5.41, 5.74) is 2.61. The number of nitro benzene ring substituents is 1. The Bertz CT molecular complexity index is 905. The summed E-state index contributed by atoms with van der Waals surface area (Å²) in [6.07, 6.45) is 0. The van der Waals surface area contributed by atoms with Crippen LogP contribution in [0, 0.1) is 24.0 Å². The van der Waals surface area contributed by atoms with E-state index in [2.05, 4.69) is 10.2 Å². The van der Waals surface area contributed by atoms with Gasteiger partial charge in [-0.25, -0.2) is 4.79 Å². The lowest BCUT2D eigenvalue weighted by Gasteiger charge is -2.20. The molecule has 0 atom stereocenters. The number of nitrogens with zero attached hydrogens (tertiary/aromatic N) is 2. The van der Waals surface area contributed by atoms with Gasteiger partial charge in [0, 0.05) is 24.8 Å². The molecule has 0 radical (unpaired) electrons. The van der Waals surface area contributed by atoms with Crippen molar-refractivity contribution in [2.24, 2.45) is 0 Å². The summed E-state index contributed by atoms with van der Waals surface area (Å²) in [7, 11) is 0. The molecule has 8 nitrogen and oxygen atoms in total. The van der Waals surface area contributed by atoms with E-state index in [4.69, 9.17) is 4.74 Å². The lowest BCUT2D eigenvalue weighted by Crippen LogP contribution is -2.23. The molecule has 8 heteroatoms. The largest absolute Gasteiger partial charge is 0.452 e. The molecule has 0 spiro atoms. The number of rotatable bonds is 8. The Morgan fingerprint density at radius 2 is 1.69 bits per heavy atom. The molecule has 0 fully saturated rings. The Morgan fingerprint density at radius 1 is 1.07 bits per heavy atom. The van der Waals surface area contributed by atoms with Crippen LogP contribution in [0.2, 0.25) is 0 Å². The quantitative estimate of drug-likeness (QED) is 0.411. The van der Waals surface area contributed by atoms with Gasteiger partial charge in [-0.2, -0.15) is 0 Å². The van der Waals surface area contributed by atoms with Crippen molar-refractivity contribution in [3.8, 4) is 0 Å². The highest BCUT2D eigenvalue weighted by atomic mass is 16.6. The van der Waals surface area contributed by atoms with Gasteiger partial charge in [0.2, 0.25) is 0 Å². The van der Waals surface area contributed by atoms with Crippen LogP contribution in [-0.4, -0.2) is 36.5 Å². The van der Waals surface area contributed by atoms with E-state index in [-0.39, 0.29) is 11.4 Å². The number of hydrogen-bond donors (Lipinski definition) is 1. The van der Waals surface area contributed by atoms with Crippen LogP contribution in [0.15, 0.2) is 36.4 Å². The molecule has 0 aliphatic carbocycles. The standard InChI is InChI=1S/C21H25N3O5/c1-5-23(6-2)17-10-8-16(9-11-17)21(26)29-13-19(25)22-20-15(4)14(3)7-12-18(20)24(27)28/h7-12H,5-6,13H2,1-4H3,(H,22,25). The van der Waals surface area contributed by atoms with Gasteiger partial charge in [0.25, 0.3) is 11.6 Å². The Balaban J connectivity index is 2.02. The normalized spacial score (nSPS) is 10.3. The second-order valence-corrected chi connectivity index (χ2v) is 6.50. The van der Waals surface area contributed by atoms with Crippen molar-refractivity contribution >= 4 is 28.9 Å². The van der Waals surface area contributed by atoms with E-state index in [0.29, 0.717) is 11.1 Å². The van der Waals surface area contributed by atoms with Gasteiger partial charge in [-0.1, -0.05) is 6.07 Å². The van der Waals surface area contributed by atoms with Gasteiger partial charge in [0.15, 0.2) is 6.61 Å². The summed E-state index contributed by atoms with van der Waals surface area (Å²) in [6, 6.07) is 9.88. The van der Waals surface area contributed by atoms with Gasteiger partial charge >= 0.3 is 5.97 Å². The zero-order valence-corrected chi connectivity index (χ0v) is 17.0. The molecule has 0 aliphatic heterocycles. The first-order valence-corrected chi connectivity index (χ1v) is 9.35. The zero-order chi connectivity index (χ0) is 21.6. The Morgan fingerprint density at radius 3 is 2.24 bits per heavy atom. The summed E-state index contributed by atoms with van der Waals surface area (Å²) in [4.78, 5) is 37.2. The summed E-state index contributed by atoms with van der Waals surface area (Å²) in [5, 5.41) is 13.7. The van der Waals surface area contributed by atoms with Crippen molar-refractivity contribution in [3.05, 3.63) is 63.2 Å². The Labute approximate surface area is 169 Å². The van der Waals surface area contributed by atoms with Gasteiger partial charge in [0.05, 0.1) is 10.5 Å². The second-order valence-electron chi connectivity index (χ2n) is 6.50. The highest BCUT2D eigenvalue weighted by Gasteiger charge is 2.20. The van der Waals surface area contributed by atoms with Crippen LogP contribution in [-0.2, 0) is 9.53 Å². The molecule has 0 heterocycles.